The lowest BCUT2D eigenvalue weighted by atomic mass is 10.1. The zero-order valence-corrected chi connectivity index (χ0v) is 15.5. The van der Waals surface area contributed by atoms with E-state index >= 15 is 0 Å². The number of aryl methyl sites for hydroxylation is 1. The molecule has 0 atom stereocenters. The van der Waals surface area contributed by atoms with Crippen molar-refractivity contribution in [1.29, 1.82) is 0 Å². The van der Waals surface area contributed by atoms with E-state index in [0.717, 1.165) is 23.3 Å². The van der Waals surface area contributed by atoms with Gasteiger partial charge in [-0.2, -0.15) is 0 Å². The van der Waals surface area contributed by atoms with Crippen molar-refractivity contribution in [2.24, 2.45) is 0 Å². The van der Waals surface area contributed by atoms with Gasteiger partial charge in [-0.05, 0) is 36.8 Å². The number of sulfonamides is 1. The second kappa shape index (κ2) is 6.72. The monoisotopic (exact) mass is 399 g/mol. The summed E-state index contributed by atoms with van der Waals surface area (Å²) in [6.07, 6.45) is 3.63. The quantitative estimate of drug-likeness (QED) is 0.554. The van der Waals surface area contributed by atoms with E-state index in [4.69, 9.17) is 0 Å². The Kier molecular flexibility index (Phi) is 4.35. The van der Waals surface area contributed by atoms with E-state index in [0.29, 0.717) is 17.3 Å². The Morgan fingerprint density at radius 3 is 2.57 bits per heavy atom. The van der Waals surface area contributed by atoms with Crippen LogP contribution in [-0.4, -0.2) is 17.8 Å². The summed E-state index contributed by atoms with van der Waals surface area (Å²) in [6, 6.07) is 12.8. The van der Waals surface area contributed by atoms with E-state index in [1.807, 2.05) is 29.7 Å². The van der Waals surface area contributed by atoms with Crippen molar-refractivity contribution >= 4 is 21.4 Å². The van der Waals surface area contributed by atoms with Crippen LogP contribution in [0.15, 0.2) is 71.9 Å². The van der Waals surface area contributed by atoms with Gasteiger partial charge in [0, 0.05) is 24.0 Å². The number of fused-ring (bicyclic) bond motifs is 1. The Bertz CT molecular complexity index is 1300. The number of nitrogens with one attached hydrogen (secondary N) is 1. The number of halogens is 2. The van der Waals surface area contributed by atoms with Gasteiger partial charge in [-0.25, -0.2) is 22.2 Å². The predicted octanol–water partition coefficient (Wildman–Crippen LogP) is 4.39. The summed E-state index contributed by atoms with van der Waals surface area (Å²) in [5.74, 6) is -2.01. The SMILES string of the molecule is Cc1cccn2cc(-c3ccccc3NS(=O)(=O)c3ccc(F)cc3F)nc12. The molecule has 0 radical (unpaired) electrons. The molecule has 2 aromatic heterocycles. The zero-order valence-electron chi connectivity index (χ0n) is 14.7. The first-order valence-electron chi connectivity index (χ1n) is 8.37. The molecule has 4 aromatic rings. The Balaban J connectivity index is 1.78. The van der Waals surface area contributed by atoms with Crippen LogP contribution in [0.1, 0.15) is 5.56 Å². The van der Waals surface area contributed by atoms with Crippen LogP contribution in [0.2, 0.25) is 0 Å². The number of rotatable bonds is 4. The molecule has 2 aromatic carbocycles. The smallest absolute Gasteiger partial charge is 0.264 e. The molecule has 28 heavy (non-hydrogen) atoms. The van der Waals surface area contributed by atoms with E-state index in [1.165, 1.54) is 0 Å². The van der Waals surface area contributed by atoms with Crippen LogP contribution in [0, 0.1) is 18.6 Å². The summed E-state index contributed by atoms with van der Waals surface area (Å²) in [6.45, 7) is 1.93. The van der Waals surface area contributed by atoms with Crippen molar-refractivity contribution in [2.45, 2.75) is 11.8 Å². The maximum Gasteiger partial charge on any atom is 0.264 e. The average Bonchev–Trinajstić information content (AvgIpc) is 3.07. The summed E-state index contributed by atoms with van der Waals surface area (Å²) in [5, 5.41) is 0. The molecule has 0 aliphatic rings. The van der Waals surface area contributed by atoms with Gasteiger partial charge in [0.25, 0.3) is 10.0 Å². The van der Waals surface area contributed by atoms with E-state index in [1.54, 1.807) is 30.5 Å². The molecule has 2 heterocycles. The number of hydrogen-bond donors (Lipinski definition) is 1. The van der Waals surface area contributed by atoms with Crippen molar-refractivity contribution in [3.63, 3.8) is 0 Å². The molecule has 5 nitrogen and oxygen atoms in total. The van der Waals surface area contributed by atoms with Gasteiger partial charge in [0.1, 0.15) is 22.2 Å². The Labute approximate surface area is 160 Å². The molecule has 0 saturated heterocycles. The number of pyridine rings is 1. The number of para-hydroxylation sites is 1. The zero-order chi connectivity index (χ0) is 19.9. The summed E-state index contributed by atoms with van der Waals surface area (Å²) >= 11 is 0. The van der Waals surface area contributed by atoms with Crippen LogP contribution in [0.25, 0.3) is 16.9 Å². The molecule has 0 aliphatic heterocycles. The van der Waals surface area contributed by atoms with Crippen LogP contribution in [0.5, 0.6) is 0 Å². The van der Waals surface area contributed by atoms with Crippen molar-refractivity contribution in [2.75, 3.05) is 4.72 Å². The van der Waals surface area contributed by atoms with Crippen molar-refractivity contribution in [1.82, 2.24) is 9.38 Å². The van der Waals surface area contributed by atoms with Crippen LogP contribution in [0.3, 0.4) is 0 Å². The number of imidazole rings is 1. The molecule has 0 saturated carbocycles. The van der Waals surface area contributed by atoms with Crippen molar-refractivity contribution in [3.05, 3.63) is 84.2 Å². The van der Waals surface area contributed by atoms with E-state index in [-0.39, 0.29) is 5.69 Å². The minimum Gasteiger partial charge on any atom is -0.306 e. The maximum atomic E-state index is 14.0. The van der Waals surface area contributed by atoms with E-state index in [9.17, 15) is 17.2 Å². The lowest BCUT2D eigenvalue weighted by Gasteiger charge is -2.12. The van der Waals surface area contributed by atoms with Gasteiger partial charge in [0.2, 0.25) is 0 Å². The highest BCUT2D eigenvalue weighted by Gasteiger charge is 2.21. The fraction of sp³-hybridized carbons (Fsp3) is 0.0500. The van der Waals surface area contributed by atoms with Crippen LogP contribution < -0.4 is 4.72 Å². The van der Waals surface area contributed by atoms with Crippen molar-refractivity contribution in [3.8, 4) is 11.3 Å². The van der Waals surface area contributed by atoms with Gasteiger partial charge in [-0.1, -0.05) is 24.3 Å². The standard InChI is InChI=1S/C20H15F2N3O2S/c1-13-5-4-10-25-12-18(23-20(13)25)15-6-2-3-7-17(15)24-28(26,27)19-9-8-14(21)11-16(19)22/h2-12,24H,1H3. The minimum absolute atomic E-state index is 0.243. The topological polar surface area (TPSA) is 63.5 Å². The van der Waals surface area contributed by atoms with Crippen LogP contribution in [0.4, 0.5) is 14.5 Å². The molecule has 8 heteroatoms. The number of hydrogen-bond acceptors (Lipinski definition) is 3. The number of anilines is 1. The molecule has 0 fully saturated rings. The van der Waals surface area contributed by atoms with Gasteiger partial charge in [0.05, 0.1) is 11.4 Å². The fourth-order valence-electron chi connectivity index (χ4n) is 2.97. The molecule has 0 spiro atoms. The highest BCUT2D eigenvalue weighted by molar-refractivity contribution is 7.92. The first kappa shape index (κ1) is 18.1. The lowest BCUT2D eigenvalue weighted by molar-refractivity contribution is 0.551. The highest BCUT2D eigenvalue weighted by Crippen LogP contribution is 2.30. The maximum absolute atomic E-state index is 14.0. The fourth-order valence-corrected chi connectivity index (χ4v) is 4.11. The summed E-state index contributed by atoms with van der Waals surface area (Å²) in [7, 11) is -4.26. The van der Waals surface area contributed by atoms with Gasteiger partial charge in [0.15, 0.2) is 0 Å². The molecule has 0 aliphatic carbocycles. The normalized spacial score (nSPS) is 11.7. The first-order chi connectivity index (χ1) is 13.3. The predicted molar refractivity (Wildman–Crippen MR) is 103 cm³/mol. The molecule has 4 rings (SSSR count). The molecular formula is C20H15F2N3O2S. The summed E-state index contributed by atoms with van der Waals surface area (Å²) in [4.78, 5) is 3.95. The number of benzene rings is 2. The van der Waals surface area contributed by atoms with Gasteiger partial charge in [-0.15, -0.1) is 0 Å². The van der Waals surface area contributed by atoms with Crippen molar-refractivity contribution < 1.29 is 17.2 Å². The van der Waals surface area contributed by atoms with Gasteiger partial charge < -0.3 is 4.40 Å². The third-order valence-electron chi connectivity index (χ3n) is 4.31. The molecule has 0 bridgehead atoms. The molecule has 0 unspecified atom stereocenters. The highest BCUT2D eigenvalue weighted by atomic mass is 32.2. The third kappa shape index (κ3) is 3.22. The Morgan fingerprint density at radius 2 is 1.82 bits per heavy atom. The average molecular weight is 399 g/mol. The molecule has 1 N–H and O–H groups in total. The van der Waals surface area contributed by atoms with Gasteiger partial charge >= 0.3 is 0 Å². The first-order valence-corrected chi connectivity index (χ1v) is 9.85. The number of nitrogens with zero attached hydrogens (tertiary/aromatic N) is 2. The van der Waals surface area contributed by atoms with E-state index in [2.05, 4.69) is 9.71 Å². The molecule has 0 amide bonds. The lowest BCUT2D eigenvalue weighted by Crippen LogP contribution is -2.15. The second-order valence-electron chi connectivity index (χ2n) is 6.27. The van der Waals surface area contributed by atoms with E-state index < -0.39 is 26.6 Å². The summed E-state index contributed by atoms with van der Waals surface area (Å²) in [5.41, 5.74) is 3.07. The summed E-state index contributed by atoms with van der Waals surface area (Å²) < 4.78 is 56.6. The van der Waals surface area contributed by atoms with Gasteiger partial charge in [-0.3, -0.25) is 4.72 Å². The van der Waals surface area contributed by atoms with Crippen LogP contribution >= 0.6 is 0 Å². The van der Waals surface area contributed by atoms with Crippen LogP contribution in [-0.2, 0) is 10.0 Å². The second-order valence-corrected chi connectivity index (χ2v) is 7.92. The Hall–Kier alpha value is -3.26. The third-order valence-corrected chi connectivity index (χ3v) is 5.71. The Morgan fingerprint density at radius 1 is 1.04 bits per heavy atom. The molecule has 142 valence electrons. The minimum atomic E-state index is -4.26. The number of aromatic nitrogens is 2. The molecular weight excluding hydrogens is 384 g/mol. The largest absolute Gasteiger partial charge is 0.306 e.